The first-order valence-corrected chi connectivity index (χ1v) is 8.77. The standard InChI is InChI=1S/C20H23N3O2/c1-15(24)16-8-6-9-17(14-16)22-20(25)18-10-7-11-21-19(18)23-12-4-2-3-5-13-23/h6-11,14H,2-5,12-13H2,1H3,(H,22,25). The number of ketones is 1. The van der Waals surface area contributed by atoms with Crippen molar-refractivity contribution < 1.29 is 9.59 Å². The molecular weight excluding hydrogens is 314 g/mol. The highest BCUT2D eigenvalue weighted by Crippen LogP contribution is 2.22. The van der Waals surface area contributed by atoms with Crippen LogP contribution in [0.3, 0.4) is 0 Å². The topological polar surface area (TPSA) is 62.3 Å². The fourth-order valence-electron chi connectivity index (χ4n) is 3.12. The van der Waals surface area contributed by atoms with E-state index in [-0.39, 0.29) is 11.7 Å². The molecule has 5 heteroatoms. The maximum absolute atomic E-state index is 12.8. The van der Waals surface area contributed by atoms with E-state index in [2.05, 4.69) is 15.2 Å². The quantitative estimate of drug-likeness (QED) is 0.859. The summed E-state index contributed by atoms with van der Waals surface area (Å²) in [6.45, 7) is 3.37. The number of anilines is 2. The van der Waals surface area contributed by atoms with Crippen LogP contribution in [0.2, 0.25) is 0 Å². The number of carbonyl (C=O) groups excluding carboxylic acids is 2. The van der Waals surface area contributed by atoms with Crippen LogP contribution in [0.4, 0.5) is 11.5 Å². The van der Waals surface area contributed by atoms with Crippen LogP contribution in [0.25, 0.3) is 0 Å². The number of nitrogens with one attached hydrogen (secondary N) is 1. The van der Waals surface area contributed by atoms with Gasteiger partial charge >= 0.3 is 0 Å². The number of amides is 1. The molecule has 1 aliphatic rings. The molecule has 1 amide bonds. The van der Waals surface area contributed by atoms with Crippen molar-refractivity contribution >= 4 is 23.2 Å². The van der Waals surface area contributed by atoms with Gasteiger partial charge in [-0.2, -0.15) is 0 Å². The van der Waals surface area contributed by atoms with Gasteiger partial charge in [0.25, 0.3) is 5.91 Å². The SMILES string of the molecule is CC(=O)c1cccc(NC(=O)c2cccnc2N2CCCCCC2)c1. The summed E-state index contributed by atoms with van der Waals surface area (Å²) in [7, 11) is 0. The van der Waals surface area contributed by atoms with Crippen molar-refractivity contribution in [3.63, 3.8) is 0 Å². The van der Waals surface area contributed by atoms with Crippen molar-refractivity contribution in [1.29, 1.82) is 0 Å². The summed E-state index contributed by atoms with van der Waals surface area (Å²) in [6, 6.07) is 10.6. The number of hydrogen-bond acceptors (Lipinski definition) is 4. The molecule has 5 nitrogen and oxygen atoms in total. The third kappa shape index (κ3) is 4.24. The Hall–Kier alpha value is -2.69. The van der Waals surface area contributed by atoms with E-state index < -0.39 is 0 Å². The number of aromatic nitrogens is 1. The summed E-state index contributed by atoms with van der Waals surface area (Å²) in [5, 5.41) is 2.89. The molecule has 1 aliphatic heterocycles. The van der Waals surface area contributed by atoms with Gasteiger partial charge in [-0.05, 0) is 44.0 Å². The van der Waals surface area contributed by atoms with Crippen molar-refractivity contribution in [1.82, 2.24) is 4.98 Å². The van der Waals surface area contributed by atoms with Crippen molar-refractivity contribution in [2.75, 3.05) is 23.3 Å². The van der Waals surface area contributed by atoms with E-state index in [0.717, 1.165) is 31.7 Å². The number of hydrogen-bond donors (Lipinski definition) is 1. The Kier molecular flexibility index (Phi) is 5.43. The minimum absolute atomic E-state index is 0.0252. The first kappa shape index (κ1) is 17.1. The first-order chi connectivity index (χ1) is 12.1. The van der Waals surface area contributed by atoms with E-state index in [0.29, 0.717) is 16.8 Å². The second kappa shape index (κ2) is 7.92. The molecule has 3 rings (SSSR count). The van der Waals surface area contributed by atoms with E-state index in [4.69, 9.17) is 0 Å². The predicted molar refractivity (Wildman–Crippen MR) is 99.3 cm³/mol. The Bertz CT molecular complexity index is 765. The largest absolute Gasteiger partial charge is 0.356 e. The molecule has 25 heavy (non-hydrogen) atoms. The predicted octanol–water partition coefficient (Wildman–Crippen LogP) is 3.92. The van der Waals surface area contributed by atoms with Crippen molar-refractivity contribution in [3.05, 3.63) is 53.7 Å². The molecule has 2 heterocycles. The average molecular weight is 337 g/mol. The second-order valence-corrected chi connectivity index (χ2v) is 6.37. The molecule has 130 valence electrons. The summed E-state index contributed by atoms with van der Waals surface area (Å²) < 4.78 is 0. The molecule has 0 spiro atoms. The summed E-state index contributed by atoms with van der Waals surface area (Å²) in [5.74, 6) is 0.514. The lowest BCUT2D eigenvalue weighted by Gasteiger charge is -2.23. The summed E-state index contributed by atoms with van der Waals surface area (Å²) in [4.78, 5) is 31.0. The lowest BCUT2D eigenvalue weighted by molar-refractivity contribution is 0.101. The first-order valence-electron chi connectivity index (χ1n) is 8.77. The van der Waals surface area contributed by atoms with Crippen LogP contribution in [0, 0.1) is 0 Å². The van der Waals surface area contributed by atoms with Gasteiger partial charge in [-0.25, -0.2) is 4.98 Å². The Labute approximate surface area is 148 Å². The van der Waals surface area contributed by atoms with Gasteiger partial charge in [0.1, 0.15) is 5.82 Å². The Balaban J connectivity index is 1.82. The molecule has 1 fully saturated rings. The van der Waals surface area contributed by atoms with Gasteiger partial charge in [-0.1, -0.05) is 25.0 Å². The van der Waals surface area contributed by atoms with Crippen molar-refractivity contribution in [2.24, 2.45) is 0 Å². The van der Waals surface area contributed by atoms with Crippen LogP contribution in [0.1, 0.15) is 53.3 Å². The maximum atomic E-state index is 12.8. The van der Waals surface area contributed by atoms with Gasteiger partial charge < -0.3 is 10.2 Å². The average Bonchev–Trinajstić information content (AvgIpc) is 2.91. The molecule has 0 saturated carbocycles. The number of benzene rings is 1. The minimum atomic E-state index is -0.201. The Morgan fingerprint density at radius 3 is 2.52 bits per heavy atom. The monoisotopic (exact) mass is 337 g/mol. The van der Waals surface area contributed by atoms with Crippen molar-refractivity contribution in [3.8, 4) is 0 Å². The van der Waals surface area contributed by atoms with E-state index in [1.807, 2.05) is 0 Å². The molecule has 1 N–H and O–H groups in total. The lowest BCUT2D eigenvalue weighted by Crippen LogP contribution is -2.28. The van der Waals surface area contributed by atoms with E-state index in [1.165, 1.54) is 19.8 Å². The molecular formula is C20H23N3O2. The van der Waals surface area contributed by atoms with Gasteiger partial charge in [0.2, 0.25) is 0 Å². The Morgan fingerprint density at radius 2 is 1.80 bits per heavy atom. The number of Topliss-reactive ketones (excluding diaryl/α,β-unsaturated/α-hetero) is 1. The summed E-state index contributed by atoms with van der Waals surface area (Å²) in [5.41, 5.74) is 1.76. The third-order valence-corrected chi connectivity index (χ3v) is 4.46. The molecule has 1 aromatic heterocycles. The number of pyridine rings is 1. The molecule has 0 atom stereocenters. The number of rotatable bonds is 4. The van der Waals surface area contributed by atoms with E-state index in [1.54, 1.807) is 42.6 Å². The highest BCUT2D eigenvalue weighted by molar-refractivity contribution is 6.08. The van der Waals surface area contributed by atoms with Gasteiger partial charge in [-0.3, -0.25) is 9.59 Å². The number of nitrogens with zero attached hydrogens (tertiary/aromatic N) is 2. The van der Waals surface area contributed by atoms with E-state index in [9.17, 15) is 9.59 Å². The lowest BCUT2D eigenvalue weighted by atomic mass is 10.1. The molecule has 0 bridgehead atoms. The third-order valence-electron chi connectivity index (χ3n) is 4.46. The molecule has 0 radical (unpaired) electrons. The minimum Gasteiger partial charge on any atom is -0.356 e. The van der Waals surface area contributed by atoms with Gasteiger partial charge in [0.05, 0.1) is 5.56 Å². The zero-order chi connectivity index (χ0) is 17.6. The van der Waals surface area contributed by atoms with Gasteiger partial charge in [0.15, 0.2) is 5.78 Å². The van der Waals surface area contributed by atoms with Gasteiger partial charge in [-0.15, -0.1) is 0 Å². The van der Waals surface area contributed by atoms with Gasteiger partial charge in [0, 0.05) is 30.5 Å². The molecule has 0 unspecified atom stereocenters. The fourth-order valence-corrected chi connectivity index (χ4v) is 3.12. The maximum Gasteiger partial charge on any atom is 0.259 e. The van der Waals surface area contributed by atoms with Crippen LogP contribution in [0.15, 0.2) is 42.6 Å². The Morgan fingerprint density at radius 1 is 1.04 bits per heavy atom. The van der Waals surface area contributed by atoms with Crippen LogP contribution in [0.5, 0.6) is 0 Å². The zero-order valence-electron chi connectivity index (χ0n) is 14.5. The highest BCUT2D eigenvalue weighted by Gasteiger charge is 2.19. The smallest absolute Gasteiger partial charge is 0.259 e. The highest BCUT2D eigenvalue weighted by atomic mass is 16.1. The fraction of sp³-hybridized carbons (Fsp3) is 0.350. The molecule has 1 aromatic carbocycles. The number of carbonyl (C=O) groups is 2. The van der Waals surface area contributed by atoms with E-state index >= 15 is 0 Å². The normalized spacial score (nSPS) is 14.7. The summed E-state index contributed by atoms with van der Waals surface area (Å²) in [6.07, 6.45) is 6.43. The molecule has 1 saturated heterocycles. The zero-order valence-corrected chi connectivity index (χ0v) is 14.5. The second-order valence-electron chi connectivity index (χ2n) is 6.37. The molecule has 2 aromatic rings. The van der Waals surface area contributed by atoms with Crippen LogP contribution in [-0.2, 0) is 0 Å². The van der Waals surface area contributed by atoms with Crippen molar-refractivity contribution in [2.45, 2.75) is 32.6 Å². The van der Waals surface area contributed by atoms with Crippen LogP contribution in [-0.4, -0.2) is 29.8 Å². The molecule has 0 aliphatic carbocycles. The van der Waals surface area contributed by atoms with Crippen LogP contribution >= 0.6 is 0 Å². The summed E-state index contributed by atoms with van der Waals surface area (Å²) >= 11 is 0. The van der Waals surface area contributed by atoms with Crippen LogP contribution < -0.4 is 10.2 Å².